The average molecular weight is 274 g/mol. The van der Waals surface area contributed by atoms with Crippen LogP contribution in [0.4, 0.5) is 0 Å². The van der Waals surface area contributed by atoms with Crippen molar-refractivity contribution in [1.82, 2.24) is 0 Å². The number of ketones is 1. The Kier molecular flexibility index (Phi) is 4.38. The van der Waals surface area contributed by atoms with Crippen LogP contribution in [0.3, 0.4) is 0 Å². The molecule has 100 valence electrons. The SMILES string of the molecule is CCCOc1cc(C)c(C(=O)c2cccs2)cc1C. The molecule has 0 unspecified atom stereocenters. The highest BCUT2D eigenvalue weighted by molar-refractivity contribution is 7.12. The topological polar surface area (TPSA) is 26.3 Å². The van der Waals surface area contributed by atoms with E-state index in [9.17, 15) is 4.79 Å². The van der Waals surface area contributed by atoms with E-state index in [1.54, 1.807) is 0 Å². The van der Waals surface area contributed by atoms with Crippen LogP contribution in [0.2, 0.25) is 0 Å². The molecule has 0 saturated carbocycles. The van der Waals surface area contributed by atoms with E-state index in [4.69, 9.17) is 4.74 Å². The Bertz CT molecular complexity index is 571. The minimum atomic E-state index is 0.0950. The second kappa shape index (κ2) is 6.02. The Morgan fingerprint density at radius 3 is 2.68 bits per heavy atom. The van der Waals surface area contributed by atoms with Gasteiger partial charge in [0.05, 0.1) is 11.5 Å². The first-order chi connectivity index (χ1) is 9.13. The molecular weight excluding hydrogens is 256 g/mol. The van der Waals surface area contributed by atoms with Gasteiger partial charge in [-0.2, -0.15) is 0 Å². The highest BCUT2D eigenvalue weighted by Crippen LogP contribution is 2.26. The molecule has 1 aromatic heterocycles. The summed E-state index contributed by atoms with van der Waals surface area (Å²) in [6.45, 7) is 6.73. The van der Waals surface area contributed by atoms with E-state index in [-0.39, 0.29) is 5.78 Å². The minimum Gasteiger partial charge on any atom is -0.493 e. The molecule has 0 aliphatic rings. The molecule has 0 aliphatic carbocycles. The van der Waals surface area contributed by atoms with E-state index < -0.39 is 0 Å². The molecular formula is C16H18O2S. The van der Waals surface area contributed by atoms with Gasteiger partial charge in [-0.25, -0.2) is 0 Å². The van der Waals surface area contributed by atoms with Crippen molar-refractivity contribution in [2.24, 2.45) is 0 Å². The van der Waals surface area contributed by atoms with E-state index in [1.165, 1.54) is 11.3 Å². The molecule has 0 spiro atoms. The highest BCUT2D eigenvalue weighted by Gasteiger charge is 2.15. The summed E-state index contributed by atoms with van der Waals surface area (Å²) in [5.41, 5.74) is 2.75. The third kappa shape index (κ3) is 3.04. The Hall–Kier alpha value is -1.61. The van der Waals surface area contributed by atoms with Crippen LogP contribution in [0.1, 0.15) is 39.7 Å². The van der Waals surface area contributed by atoms with Crippen molar-refractivity contribution in [3.8, 4) is 5.75 Å². The first kappa shape index (κ1) is 13.8. The van der Waals surface area contributed by atoms with E-state index in [0.29, 0.717) is 6.61 Å². The Morgan fingerprint density at radius 1 is 1.26 bits per heavy atom. The summed E-state index contributed by atoms with van der Waals surface area (Å²) in [5, 5.41) is 1.92. The zero-order valence-electron chi connectivity index (χ0n) is 11.5. The zero-order chi connectivity index (χ0) is 13.8. The van der Waals surface area contributed by atoms with Crippen molar-refractivity contribution < 1.29 is 9.53 Å². The second-order valence-electron chi connectivity index (χ2n) is 4.59. The van der Waals surface area contributed by atoms with Crippen LogP contribution in [-0.2, 0) is 0 Å². The summed E-state index contributed by atoms with van der Waals surface area (Å²) in [4.78, 5) is 13.2. The van der Waals surface area contributed by atoms with Gasteiger partial charge in [0.25, 0.3) is 0 Å². The van der Waals surface area contributed by atoms with E-state index in [0.717, 1.165) is 33.7 Å². The largest absolute Gasteiger partial charge is 0.493 e. The van der Waals surface area contributed by atoms with Crippen molar-refractivity contribution >= 4 is 17.1 Å². The predicted molar refractivity (Wildman–Crippen MR) is 79.5 cm³/mol. The lowest BCUT2D eigenvalue weighted by molar-refractivity contribution is 0.104. The number of carbonyl (C=O) groups is 1. The van der Waals surface area contributed by atoms with Crippen LogP contribution in [0.25, 0.3) is 0 Å². The Labute approximate surface area is 118 Å². The van der Waals surface area contributed by atoms with Gasteiger partial charge in [-0.1, -0.05) is 13.0 Å². The van der Waals surface area contributed by atoms with Gasteiger partial charge in [0.1, 0.15) is 5.75 Å². The maximum absolute atomic E-state index is 12.4. The van der Waals surface area contributed by atoms with E-state index in [2.05, 4.69) is 6.92 Å². The first-order valence-corrected chi connectivity index (χ1v) is 7.33. The van der Waals surface area contributed by atoms with Crippen molar-refractivity contribution in [2.75, 3.05) is 6.61 Å². The molecule has 0 saturated heterocycles. The van der Waals surface area contributed by atoms with Gasteiger partial charge in [0, 0.05) is 5.56 Å². The molecule has 0 aliphatic heterocycles. The van der Waals surface area contributed by atoms with E-state index >= 15 is 0 Å². The normalized spacial score (nSPS) is 10.5. The fraction of sp³-hybridized carbons (Fsp3) is 0.312. The predicted octanol–water partition coefficient (Wildman–Crippen LogP) is 4.38. The van der Waals surface area contributed by atoms with Gasteiger partial charge in [-0.3, -0.25) is 4.79 Å². The third-order valence-electron chi connectivity index (χ3n) is 2.97. The lowest BCUT2D eigenvalue weighted by Gasteiger charge is -2.12. The molecule has 0 fully saturated rings. The number of thiophene rings is 1. The molecule has 1 heterocycles. The van der Waals surface area contributed by atoms with Crippen molar-refractivity contribution in [3.63, 3.8) is 0 Å². The van der Waals surface area contributed by atoms with Crippen LogP contribution in [-0.4, -0.2) is 12.4 Å². The quantitative estimate of drug-likeness (QED) is 0.756. The first-order valence-electron chi connectivity index (χ1n) is 6.45. The van der Waals surface area contributed by atoms with Crippen molar-refractivity contribution in [1.29, 1.82) is 0 Å². The Balaban J connectivity index is 2.32. The van der Waals surface area contributed by atoms with Crippen LogP contribution < -0.4 is 4.74 Å². The molecule has 3 heteroatoms. The maximum Gasteiger partial charge on any atom is 0.203 e. The summed E-state index contributed by atoms with van der Waals surface area (Å²) in [6, 6.07) is 7.66. The standard InChI is InChI=1S/C16H18O2S/c1-4-7-18-14-10-11(2)13(9-12(14)3)16(17)15-6-5-8-19-15/h5-6,8-10H,4,7H2,1-3H3. The molecule has 0 atom stereocenters. The average Bonchev–Trinajstić information content (AvgIpc) is 2.92. The van der Waals surface area contributed by atoms with Crippen LogP contribution >= 0.6 is 11.3 Å². The number of rotatable bonds is 5. The third-order valence-corrected chi connectivity index (χ3v) is 3.84. The molecule has 0 bridgehead atoms. The second-order valence-corrected chi connectivity index (χ2v) is 5.54. The monoisotopic (exact) mass is 274 g/mol. The number of benzene rings is 1. The molecule has 0 N–H and O–H groups in total. The minimum absolute atomic E-state index is 0.0950. The Morgan fingerprint density at radius 2 is 2.05 bits per heavy atom. The molecule has 0 radical (unpaired) electrons. The smallest absolute Gasteiger partial charge is 0.203 e. The number of carbonyl (C=O) groups excluding carboxylic acids is 1. The lowest BCUT2D eigenvalue weighted by atomic mass is 10.0. The van der Waals surface area contributed by atoms with Gasteiger partial charge in [-0.05, 0) is 55.0 Å². The van der Waals surface area contributed by atoms with Crippen LogP contribution in [0.5, 0.6) is 5.75 Å². The lowest BCUT2D eigenvalue weighted by Crippen LogP contribution is -2.04. The van der Waals surface area contributed by atoms with Crippen LogP contribution in [0.15, 0.2) is 29.6 Å². The molecule has 0 amide bonds. The fourth-order valence-corrected chi connectivity index (χ4v) is 2.62. The summed E-state index contributed by atoms with van der Waals surface area (Å²) in [6.07, 6.45) is 0.981. The zero-order valence-corrected chi connectivity index (χ0v) is 12.3. The van der Waals surface area contributed by atoms with Crippen molar-refractivity contribution in [2.45, 2.75) is 27.2 Å². The van der Waals surface area contributed by atoms with Gasteiger partial charge in [0.15, 0.2) is 0 Å². The molecule has 1 aromatic carbocycles. The van der Waals surface area contributed by atoms with Gasteiger partial charge < -0.3 is 4.74 Å². The number of hydrogen-bond acceptors (Lipinski definition) is 3. The summed E-state index contributed by atoms with van der Waals surface area (Å²) in [7, 11) is 0. The number of hydrogen-bond donors (Lipinski definition) is 0. The van der Waals surface area contributed by atoms with E-state index in [1.807, 2.05) is 43.5 Å². The van der Waals surface area contributed by atoms with Gasteiger partial charge in [0.2, 0.25) is 5.78 Å². The van der Waals surface area contributed by atoms with Crippen molar-refractivity contribution in [3.05, 3.63) is 51.2 Å². The summed E-state index contributed by atoms with van der Waals surface area (Å²) < 4.78 is 5.68. The maximum atomic E-state index is 12.4. The fourth-order valence-electron chi connectivity index (χ4n) is 1.94. The number of ether oxygens (including phenoxy) is 1. The molecule has 2 aromatic rings. The molecule has 19 heavy (non-hydrogen) atoms. The van der Waals surface area contributed by atoms with Gasteiger partial charge >= 0.3 is 0 Å². The molecule has 2 nitrogen and oxygen atoms in total. The summed E-state index contributed by atoms with van der Waals surface area (Å²) in [5.74, 6) is 0.972. The number of aryl methyl sites for hydroxylation is 2. The van der Waals surface area contributed by atoms with Gasteiger partial charge in [-0.15, -0.1) is 11.3 Å². The molecule has 2 rings (SSSR count). The van der Waals surface area contributed by atoms with Crippen LogP contribution in [0, 0.1) is 13.8 Å². The summed E-state index contributed by atoms with van der Waals surface area (Å²) >= 11 is 1.48. The highest BCUT2D eigenvalue weighted by atomic mass is 32.1.